The summed E-state index contributed by atoms with van der Waals surface area (Å²) in [6.07, 6.45) is -0.631. The summed E-state index contributed by atoms with van der Waals surface area (Å²) in [5, 5.41) is 15.6. The molecular formula is C27H25IOP+. The number of hydrogen-bond donors (Lipinski definition) is 1. The summed E-state index contributed by atoms with van der Waals surface area (Å²) in [5.41, 5.74) is 0.946. The van der Waals surface area contributed by atoms with Gasteiger partial charge in [0, 0.05) is 0 Å². The Morgan fingerprint density at radius 2 is 0.900 bits per heavy atom. The van der Waals surface area contributed by atoms with Crippen LogP contribution < -0.4 is 15.9 Å². The number of aliphatic hydroxyl groups excluding tert-OH is 1. The van der Waals surface area contributed by atoms with Crippen molar-refractivity contribution >= 4 is 45.8 Å². The molecule has 0 aromatic heterocycles. The topological polar surface area (TPSA) is 20.2 Å². The molecule has 0 aliphatic carbocycles. The van der Waals surface area contributed by atoms with Crippen molar-refractivity contribution in [1.82, 2.24) is 0 Å². The molecule has 0 radical (unpaired) electrons. The molecule has 2 atom stereocenters. The number of aliphatic hydroxyl groups is 1. The van der Waals surface area contributed by atoms with E-state index < -0.39 is 16.5 Å². The summed E-state index contributed by atoms with van der Waals surface area (Å²) < 4.78 is -0.476. The van der Waals surface area contributed by atoms with E-state index >= 15 is 0 Å². The number of benzene rings is 4. The highest BCUT2D eigenvalue weighted by molar-refractivity contribution is 14.1. The van der Waals surface area contributed by atoms with Crippen molar-refractivity contribution in [3.63, 3.8) is 0 Å². The molecule has 0 aliphatic heterocycles. The summed E-state index contributed by atoms with van der Waals surface area (Å²) in [6, 6.07) is 42.2. The van der Waals surface area contributed by atoms with Crippen LogP contribution in [-0.2, 0) is 0 Å². The standard InChI is InChI=1S/C27H25IOP/c1-27(28,26(29)22-14-6-2-7-15-22)30(23-16-8-3-9-17-23,24-18-10-4-11-19-24)25-20-12-5-13-21-25/h2-21,26,29H,1H3/q+1. The Hall–Kier alpha value is -2.00. The minimum atomic E-state index is -2.24. The summed E-state index contributed by atoms with van der Waals surface area (Å²) in [4.78, 5) is 0. The molecule has 30 heavy (non-hydrogen) atoms. The second-order valence-electron chi connectivity index (χ2n) is 7.51. The zero-order valence-electron chi connectivity index (χ0n) is 16.9. The monoisotopic (exact) mass is 523 g/mol. The molecular weight excluding hydrogens is 498 g/mol. The Labute approximate surface area is 193 Å². The third-order valence-electron chi connectivity index (χ3n) is 5.70. The highest BCUT2D eigenvalue weighted by atomic mass is 127. The molecule has 0 fully saturated rings. The molecule has 2 unspecified atom stereocenters. The minimum absolute atomic E-state index is 0.476. The maximum absolute atomic E-state index is 11.8. The van der Waals surface area contributed by atoms with Gasteiger partial charge in [0.05, 0.1) is 0 Å². The number of rotatable bonds is 6. The summed E-state index contributed by atoms with van der Waals surface area (Å²) in [5.74, 6) is 0. The second-order valence-corrected chi connectivity index (χ2v) is 14.4. The molecule has 0 spiro atoms. The zero-order chi connectivity index (χ0) is 21.0. The normalized spacial score (nSPS) is 14.6. The maximum atomic E-state index is 11.8. The van der Waals surface area contributed by atoms with E-state index in [0.29, 0.717) is 0 Å². The van der Waals surface area contributed by atoms with Crippen LogP contribution in [0.1, 0.15) is 18.6 Å². The number of halogens is 1. The lowest BCUT2D eigenvalue weighted by Gasteiger charge is -2.41. The molecule has 0 amide bonds. The Bertz CT molecular complexity index is 970. The van der Waals surface area contributed by atoms with Crippen molar-refractivity contribution in [2.75, 3.05) is 0 Å². The lowest BCUT2D eigenvalue weighted by atomic mass is 10.1. The van der Waals surface area contributed by atoms with Gasteiger partial charge in [0.1, 0.15) is 29.3 Å². The first-order chi connectivity index (χ1) is 14.6. The first kappa shape index (κ1) is 21.2. The van der Waals surface area contributed by atoms with Crippen LogP contribution in [0.5, 0.6) is 0 Å². The molecule has 4 aromatic rings. The SMILES string of the molecule is CC(I)(C(O)c1ccccc1)[P+](c1ccccc1)(c1ccccc1)c1ccccc1. The van der Waals surface area contributed by atoms with Crippen LogP contribution in [0.2, 0.25) is 0 Å². The van der Waals surface area contributed by atoms with Gasteiger partial charge < -0.3 is 5.11 Å². The molecule has 1 N–H and O–H groups in total. The van der Waals surface area contributed by atoms with Crippen LogP contribution in [0.25, 0.3) is 0 Å². The summed E-state index contributed by atoms with van der Waals surface area (Å²) >= 11 is 2.53. The van der Waals surface area contributed by atoms with E-state index in [4.69, 9.17) is 0 Å². The van der Waals surface area contributed by atoms with Gasteiger partial charge in [-0.15, -0.1) is 0 Å². The Morgan fingerprint density at radius 3 is 1.23 bits per heavy atom. The van der Waals surface area contributed by atoms with E-state index in [1.165, 1.54) is 15.9 Å². The fraction of sp³-hybridized carbons (Fsp3) is 0.111. The molecule has 0 aliphatic rings. The summed E-state index contributed by atoms with van der Waals surface area (Å²) in [7, 11) is -2.24. The lowest BCUT2D eigenvalue weighted by molar-refractivity contribution is 0.172. The first-order valence-corrected chi connectivity index (χ1v) is 12.9. The van der Waals surface area contributed by atoms with E-state index in [1.54, 1.807) is 0 Å². The Kier molecular flexibility index (Phi) is 6.38. The third kappa shape index (κ3) is 3.62. The van der Waals surface area contributed by atoms with E-state index in [0.717, 1.165) is 5.56 Å². The fourth-order valence-electron chi connectivity index (χ4n) is 4.28. The van der Waals surface area contributed by atoms with Gasteiger partial charge in [-0.25, -0.2) is 0 Å². The van der Waals surface area contributed by atoms with Crippen molar-refractivity contribution in [1.29, 1.82) is 0 Å². The quantitative estimate of drug-likeness (QED) is 0.191. The van der Waals surface area contributed by atoms with Gasteiger partial charge in [-0.1, -0.05) is 84.9 Å². The molecule has 0 bridgehead atoms. The molecule has 0 saturated heterocycles. The third-order valence-corrected chi connectivity index (χ3v) is 13.2. The Balaban J connectivity index is 2.07. The molecule has 3 heteroatoms. The highest BCUT2D eigenvalue weighted by Crippen LogP contribution is 2.72. The van der Waals surface area contributed by atoms with Gasteiger partial charge in [0.15, 0.2) is 3.16 Å². The number of hydrogen-bond acceptors (Lipinski definition) is 1. The van der Waals surface area contributed by atoms with Crippen molar-refractivity contribution < 1.29 is 5.11 Å². The van der Waals surface area contributed by atoms with Gasteiger partial charge in [-0.05, 0) is 71.5 Å². The van der Waals surface area contributed by atoms with Crippen LogP contribution in [0, 0.1) is 0 Å². The predicted molar refractivity (Wildman–Crippen MR) is 139 cm³/mol. The smallest absolute Gasteiger partial charge is 0.170 e. The molecule has 1 nitrogen and oxygen atoms in total. The average Bonchev–Trinajstić information content (AvgIpc) is 2.81. The van der Waals surface area contributed by atoms with Crippen LogP contribution in [0.3, 0.4) is 0 Å². The van der Waals surface area contributed by atoms with E-state index in [9.17, 15) is 5.11 Å². The van der Waals surface area contributed by atoms with E-state index in [-0.39, 0.29) is 0 Å². The summed E-state index contributed by atoms with van der Waals surface area (Å²) in [6.45, 7) is 2.21. The highest BCUT2D eigenvalue weighted by Gasteiger charge is 2.62. The molecule has 150 valence electrons. The molecule has 4 rings (SSSR count). The van der Waals surface area contributed by atoms with Gasteiger partial charge >= 0.3 is 0 Å². The van der Waals surface area contributed by atoms with Crippen LogP contribution in [0.15, 0.2) is 121 Å². The van der Waals surface area contributed by atoms with Gasteiger partial charge in [0.25, 0.3) is 0 Å². The van der Waals surface area contributed by atoms with Crippen LogP contribution in [-0.4, -0.2) is 8.27 Å². The molecule has 0 heterocycles. The van der Waals surface area contributed by atoms with E-state index in [1.807, 2.05) is 30.3 Å². The first-order valence-electron chi connectivity index (χ1n) is 10.1. The fourth-order valence-corrected chi connectivity index (χ4v) is 11.9. The van der Waals surface area contributed by atoms with Gasteiger partial charge in [-0.2, -0.15) is 0 Å². The molecule has 0 saturated carbocycles. The predicted octanol–water partition coefficient (Wildman–Crippen LogP) is 5.87. The van der Waals surface area contributed by atoms with Crippen molar-refractivity contribution in [2.45, 2.75) is 16.2 Å². The van der Waals surface area contributed by atoms with E-state index in [2.05, 4.69) is 121 Å². The minimum Gasteiger partial charge on any atom is -0.383 e. The Morgan fingerprint density at radius 1 is 0.600 bits per heavy atom. The second kappa shape index (κ2) is 9.01. The van der Waals surface area contributed by atoms with Gasteiger partial charge in [-0.3, -0.25) is 0 Å². The van der Waals surface area contributed by atoms with Gasteiger partial charge in [0.2, 0.25) is 0 Å². The van der Waals surface area contributed by atoms with Crippen LogP contribution in [0.4, 0.5) is 0 Å². The lowest BCUT2D eigenvalue weighted by Crippen LogP contribution is -2.45. The largest absolute Gasteiger partial charge is 0.383 e. The van der Waals surface area contributed by atoms with Crippen molar-refractivity contribution in [3.05, 3.63) is 127 Å². The number of alkyl halides is 1. The zero-order valence-corrected chi connectivity index (χ0v) is 19.9. The molecule has 4 aromatic carbocycles. The average molecular weight is 523 g/mol. The van der Waals surface area contributed by atoms with Crippen molar-refractivity contribution in [3.8, 4) is 0 Å². The maximum Gasteiger partial charge on any atom is 0.170 e. The van der Waals surface area contributed by atoms with Crippen LogP contribution >= 0.6 is 29.9 Å². The van der Waals surface area contributed by atoms with Crippen molar-refractivity contribution in [2.24, 2.45) is 0 Å².